The van der Waals surface area contributed by atoms with Crippen LogP contribution in [0.2, 0.25) is 0 Å². The average Bonchev–Trinajstić information content (AvgIpc) is 2.15. The molecule has 16 heavy (non-hydrogen) atoms. The Kier molecular flexibility index (Phi) is 3.46. The second-order valence-corrected chi connectivity index (χ2v) is 4.14. The molecule has 0 saturated carbocycles. The first-order chi connectivity index (χ1) is 7.42. The number of carbonyl (C=O) groups is 1. The van der Waals surface area contributed by atoms with Gasteiger partial charge in [0.05, 0.1) is 5.56 Å². The van der Waals surface area contributed by atoms with E-state index < -0.39 is 11.7 Å². The Hall–Kier alpha value is -2.09. The highest BCUT2D eigenvalue weighted by atomic mass is 16.6. The van der Waals surface area contributed by atoms with Crippen LogP contribution in [0.1, 0.15) is 26.3 Å². The van der Waals surface area contributed by atoms with Gasteiger partial charge in [-0.15, -0.1) is 0 Å². The molecule has 0 bridgehead atoms. The van der Waals surface area contributed by atoms with Gasteiger partial charge in [-0.25, -0.2) is 9.78 Å². The molecule has 0 saturated heterocycles. The summed E-state index contributed by atoms with van der Waals surface area (Å²) in [6, 6.07) is 5.12. The zero-order valence-electron chi connectivity index (χ0n) is 9.44. The molecule has 0 aliphatic heterocycles. The molecule has 0 radical (unpaired) electrons. The van der Waals surface area contributed by atoms with Crippen LogP contribution < -0.4 is 5.32 Å². The Labute approximate surface area is 94.1 Å². The van der Waals surface area contributed by atoms with Crippen LogP contribution in [0.4, 0.5) is 10.6 Å². The Balaban J connectivity index is 2.75. The van der Waals surface area contributed by atoms with Crippen LogP contribution >= 0.6 is 0 Å². The van der Waals surface area contributed by atoms with E-state index in [0.29, 0.717) is 5.56 Å². The fourth-order valence-corrected chi connectivity index (χ4v) is 0.995. The van der Waals surface area contributed by atoms with Crippen molar-refractivity contribution in [2.75, 3.05) is 5.32 Å². The number of rotatable bonds is 1. The Morgan fingerprint density at radius 1 is 1.56 bits per heavy atom. The minimum Gasteiger partial charge on any atom is -0.444 e. The lowest BCUT2D eigenvalue weighted by Gasteiger charge is -2.19. The SMILES string of the molecule is CC(C)(C)OC(=O)Nc1ncccc1C#N. The summed E-state index contributed by atoms with van der Waals surface area (Å²) in [4.78, 5) is 15.3. The summed E-state index contributed by atoms with van der Waals surface area (Å²) in [6.45, 7) is 5.28. The molecule has 0 atom stereocenters. The molecule has 1 aromatic rings. The third-order valence-electron chi connectivity index (χ3n) is 1.55. The number of hydrogen-bond donors (Lipinski definition) is 1. The first kappa shape index (κ1) is 12.0. The maximum Gasteiger partial charge on any atom is 0.413 e. The molecule has 1 amide bonds. The van der Waals surface area contributed by atoms with E-state index in [2.05, 4.69) is 10.3 Å². The standard InChI is InChI=1S/C11H13N3O2/c1-11(2,3)16-10(15)14-9-8(7-12)5-4-6-13-9/h4-6H,1-3H3,(H,13,14,15). The zero-order valence-corrected chi connectivity index (χ0v) is 9.44. The van der Waals surface area contributed by atoms with Crippen LogP contribution in [-0.2, 0) is 4.74 Å². The van der Waals surface area contributed by atoms with Gasteiger partial charge in [-0.05, 0) is 32.9 Å². The number of amides is 1. The van der Waals surface area contributed by atoms with E-state index in [1.807, 2.05) is 6.07 Å². The molecule has 1 rings (SSSR count). The van der Waals surface area contributed by atoms with Gasteiger partial charge < -0.3 is 4.74 Å². The first-order valence-electron chi connectivity index (χ1n) is 4.77. The van der Waals surface area contributed by atoms with Gasteiger partial charge in [-0.2, -0.15) is 5.26 Å². The number of ether oxygens (including phenoxy) is 1. The number of pyridine rings is 1. The van der Waals surface area contributed by atoms with E-state index in [9.17, 15) is 4.79 Å². The molecule has 0 unspecified atom stereocenters. The first-order valence-corrected chi connectivity index (χ1v) is 4.77. The highest BCUT2D eigenvalue weighted by Gasteiger charge is 2.17. The molecule has 5 nitrogen and oxygen atoms in total. The maximum absolute atomic E-state index is 11.4. The van der Waals surface area contributed by atoms with Crippen LogP contribution in [-0.4, -0.2) is 16.7 Å². The molecular weight excluding hydrogens is 206 g/mol. The second-order valence-electron chi connectivity index (χ2n) is 4.14. The summed E-state index contributed by atoms with van der Waals surface area (Å²) in [5.74, 6) is 0.208. The molecule has 1 heterocycles. The zero-order chi connectivity index (χ0) is 12.2. The number of nitrogens with zero attached hydrogens (tertiary/aromatic N) is 2. The monoisotopic (exact) mass is 219 g/mol. The average molecular weight is 219 g/mol. The van der Waals surface area contributed by atoms with Crippen LogP contribution in [0.25, 0.3) is 0 Å². The van der Waals surface area contributed by atoms with Gasteiger partial charge in [-0.3, -0.25) is 5.32 Å². The van der Waals surface area contributed by atoms with Crippen molar-refractivity contribution in [3.63, 3.8) is 0 Å². The van der Waals surface area contributed by atoms with Crippen molar-refractivity contribution in [3.8, 4) is 6.07 Å². The molecule has 0 aliphatic carbocycles. The Morgan fingerprint density at radius 2 is 2.25 bits per heavy atom. The molecule has 0 fully saturated rings. The quantitative estimate of drug-likeness (QED) is 0.786. The molecule has 1 N–H and O–H groups in total. The van der Waals surface area contributed by atoms with E-state index >= 15 is 0 Å². The molecular formula is C11H13N3O2. The third kappa shape index (κ3) is 3.58. The molecule has 0 aromatic carbocycles. The smallest absolute Gasteiger partial charge is 0.413 e. The van der Waals surface area contributed by atoms with Crippen molar-refractivity contribution in [1.82, 2.24) is 4.98 Å². The summed E-state index contributed by atoms with van der Waals surface area (Å²) in [7, 11) is 0. The van der Waals surface area contributed by atoms with Gasteiger partial charge in [0, 0.05) is 6.20 Å². The van der Waals surface area contributed by atoms with Crippen molar-refractivity contribution in [3.05, 3.63) is 23.9 Å². The molecule has 84 valence electrons. The van der Waals surface area contributed by atoms with Gasteiger partial charge in [0.25, 0.3) is 0 Å². The van der Waals surface area contributed by atoms with Crippen molar-refractivity contribution >= 4 is 11.9 Å². The van der Waals surface area contributed by atoms with Crippen molar-refractivity contribution < 1.29 is 9.53 Å². The summed E-state index contributed by atoms with van der Waals surface area (Å²) in [5, 5.41) is 11.2. The fraction of sp³-hybridized carbons (Fsp3) is 0.364. The molecule has 5 heteroatoms. The van der Waals surface area contributed by atoms with Gasteiger partial charge in [0.1, 0.15) is 11.7 Å². The van der Waals surface area contributed by atoms with E-state index in [4.69, 9.17) is 10.00 Å². The third-order valence-corrected chi connectivity index (χ3v) is 1.55. The highest BCUT2D eigenvalue weighted by Crippen LogP contribution is 2.12. The molecule has 0 aliphatic rings. The Bertz CT molecular complexity index is 430. The lowest BCUT2D eigenvalue weighted by atomic mass is 10.2. The summed E-state index contributed by atoms with van der Waals surface area (Å²) in [5.41, 5.74) is -0.278. The van der Waals surface area contributed by atoms with Gasteiger partial charge in [0.15, 0.2) is 5.82 Å². The van der Waals surface area contributed by atoms with Crippen LogP contribution in [0.3, 0.4) is 0 Å². The minimum absolute atomic E-state index is 0.208. The number of carbonyl (C=O) groups excluding carboxylic acids is 1. The predicted molar refractivity (Wildman–Crippen MR) is 58.8 cm³/mol. The number of nitriles is 1. The number of nitrogens with one attached hydrogen (secondary N) is 1. The fourth-order valence-electron chi connectivity index (χ4n) is 0.995. The second kappa shape index (κ2) is 4.62. The van der Waals surface area contributed by atoms with E-state index in [-0.39, 0.29) is 5.82 Å². The normalized spacial score (nSPS) is 10.4. The lowest BCUT2D eigenvalue weighted by molar-refractivity contribution is 0.0635. The topological polar surface area (TPSA) is 75.0 Å². The summed E-state index contributed by atoms with van der Waals surface area (Å²) >= 11 is 0. The van der Waals surface area contributed by atoms with E-state index in [1.165, 1.54) is 6.20 Å². The Morgan fingerprint density at radius 3 is 2.81 bits per heavy atom. The van der Waals surface area contributed by atoms with Crippen molar-refractivity contribution in [2.24, 2.45) is 0 Å². The lowest BCUT2D eigenvalue weighted by Crippen LogP contribution is -2.27. The van der Waals surface area contributed by atoms with Crippen LogP contribution in [0, 0.1) is 11.3 Å². The van der Waals surface area contributed by atoms with E-state index in [0.717, 1.165) is 0 Å². The number of aromatic nitrogens is 1. The largest absolute Gasteiger partial charge is 0.444 e. The van der Waals surface area contributed by atoms with Crippen molar-refractivity contribution in [1.29, 1.82) is 5.26 Å². The number of hydrogen-bond acceptors (Lipinski definition) is 4. The number of anilines is 1. The predicted octanol–water partition coefficient (Wildman–Crippen LogP) is 2.30. The van der Waals surface area contributed by atoms with Gasteiger partial charge >= 0.3 is 6.09 Å². The summed E-state index contributed by atoms with van der Waals surface area (Å²) < 4.78 is 5.04. The van der Waals surface area contributed by atoms with Crippen LogP contribution in [0.15, 0.2) is 18.3 Å². The van der Waals surface area contributed by atoms with Gasteiger partial charge in [-0.1, -0.05) is 0 Å². The summed E-state index contributed by atoms with van der Waals surface area (Å²) in [6.07, 6.45) is 0.871. The molecule has 1 aromatic heterocycles. The van der Waals surface area contributed by atoms with E-state index in [1.54, 1.807) is 32.9 Å². The van der Waals surface area contributed by atoms with Gasteiger partial charge in [0.2, 0.25) is 0 Å². The molecule has 0 spiro atoms. The van der Waals surface area contributed by atoms with Crippen LogP contribution in [0.5, 0.6) is 0 Å². The minimum atomic E-state index is -0.622. The maximum atomic E-state index is 11.4. The van der Waals surface area contributed by atoms with Crippen molar-refractivity contribution in [2.45, 2.75) is 26.4 Å². The highest BCUT2D eigenvalue weighted by molar-refractivity contribution is 5.85.